The predicted molar refractivity (Wildman–Crippen MR) is 142 cm³/mol. The van der Waals surface area contributed by atoms with Gasteiger partial charge in [0.1, 0.15) is 0 Å². The molecule has 4 rings (SSSR count). The van der Waals surface area contributed by atoms with Crippen molar-refractivity contribution in [2.45, 2.75) is 118 Å². The number of aliphatic hydroxyl groups excluding tert-OH is 2. The van der Waals surface area contributed by atoms with Crippen molar-refractivity contribution in [1.29, 1.82) is 0 Å². The third-order valence-electron chi connectivity index (χ3n) is 12.4. The molecule has 5 heteroatoms. The van der Waals surface area contributed by atoms with Crippen LogP contribution in [0.5, 0.6) is 0 Å². The quantitative estimate of drug-likeness (QED) is 0.260. The van der Waals surface area contributed by atoms with Gasteiger partial charge in [-0.3, -0.25) is 0 Å². The molecular weight excluding hydrogens is 452 g/mol. The molecule has 5 nitrogen and oxygen atoms in total. The molecule has 0 aromatic heterocycles. The first-order valence-corrected chi connectivity index (χ1v) is 14.1. The maximum Gasteiger partial charge on any atom is 0.333 e. The number of carbonyl (C=O) groups excluding carboxylic acids is 1. The zero-order valence-electron chi connectivity index (χ0n) is 23.9. The molecule has 3 saturated carbocycles. The van der Waals surface area contributed by atoms with Crippen molar-refractivity contribution in [1.82, 2.24) is 0 Å². The van der Waals surface area contributed by atoms with E-state index in [1.807, 2.05) is 0 Å². The van der Waals surface area contributed by atoms with Gasteiger partial charge in [-0.25, -0.2) is 4.79 Å². The molecule has 0 amide bonds. The SMILES string of the molecule is COC(=O)/C(C)=C/[C@@H](O)C[C@@H](C)[C@]1(C)CC=C2[C@@H]3CC[C@H]4C(C)(C)[C@H](O)CC[C@]4(C)[C@@]3(O)CC[C@]21C. The van der Waals surface area contributed by atoms with Crippen LogP contribution in [0.3, 0.4) is 0 Å². The molecular formula is C31H50O5. The highest BCUT2D eigenvalue weighted by Gasteiger charge is 2.69. The summed E-state index contributed by atoms with van der Waals surface area (Å²) in [5.41, 5.74) is 0.685. The molecule has 3 N–H and O–H groups in total. The summed E-state index contributed by atoms with van der Waals surface area (Å²) in [4.78, 5) is 11.8. The van der Waals surface area contributed by atoms with Crippen LogP contribution in [-0.4, -0.2) is 46.2 Å². The fourth-order valence-electron chi connectivity index (χ4n) is 9.54. The van der Waals surface area contributed by atoms with Gasteiger partial charge in [0.05, 0.1) is 24.9 Å². The average molecular weight is 503 g/mol. The van der Waals surface area contributed by atoms with Crippen molar-refractivity contribution in [2.24, 2.45) is 39.4 Å². The zero-order chi connectivity index (χ0) is 26.9. The predicted octanol–water partition coefficient (Wildman–Crippen LogP) is 5.57. The van der Waals surface area contributed by atoms with E-state index in [9.17, 15) is 20.1 Å². The van der Waals surface area contributed by atoms with Crippen LogP contribution in [-0.2, 0) is 9.53 Å². The lowest BCUT2D eigenvalue weighted by Gasteiger charge is -2.68. The smallest absolute Gasteiger partial charge is 0.333 e. The summed E-state index contributed by atoms with van der Waals surface area (Å²) in [5.74, 6) is 0.296. The van der Waals surface area contributed by atoms with Gasteiger partial charge in [0.15, 0.2) is 0 Å². The maximum absolute atomic E-state index is 12.5. The number of methoxy groups -OCH3 is 1. The Morgan fingerprint density at radius 2 is 1.81 bits per heavy atom. The number of hydrogen-bond donors (Lipinski definition) is 3. The summed E-state index contributed by atoms with van der Waals surface area (Å²) in [7, 11) is 1.36. The summed E-state index contributed by atoms with van der Waals surface area (Å²) in [6, 6.07) is 0. The van der Waals surface area contributed by atoms with Crippen LogP contribution >= 0.6 is 0 Å². The van der Waals surface area contributed by atoms with Crippen molar-refractivity contribution in [3.05, 3.63) is 23.3 Å². The molecule has 3 fully saturated rings. The second kappa shape index (κ2) is 8.95. The van der Waals surface area contributed by atoms with E-state index in [-0.39, 0.29) is 39.6 Å². The zero-order valence-corrected chi connectivity index (χ0v) is 23.9. The molecule has 0 heterocycles. The standard InChI is InChI=1S/C31H50O5/c1-19(26(34)36-8)17-21(32)18-20(2)28(5)13-11-22-23-9-10-24-27(3,4)25(33)12-14-30(24,7)31(23,35)16-15-29(22,28)6/h11,17,20-21,23-25,32-33,35H,9-10,12-16,18H2,1-8H3/b19-17+/t20-,21-,23+,24+,25-,28+,29-,30+,31-/m1/s1. The maximum atomic E-state index is 12.5. The summed E-state index contributed by atoms with van der Waals surface area (Å²) in [6.07, 6.45) is 9.97. The van der Waals surface area contributed by atoms with Crippen molar-refractivity contribution in [3.63, 3.8) is 0 Å². The summed E-state index contributed by atoms with van der Waals surface area (Å²) >= 11 is 0. The van der Waals surface area contributed by atoms with Gasteiger partial charge in [0.2, 0.25) is 0 Å². The highest BCUT2D eigenvalue weighted by molar-refractivity contribution is 5.87. The van der Waals surface area contributed by atoms with Crippen LogP contribution in [0.25, 0.3) is 0 Å². The Kier molecular flexibility index (Phi) is 6.92. The number of hydrogen-bond acceptors (Lipinski definition) is 5. The molecule has 4 aliphatic rings. The molecule has 0 unspecified atom stereocenters. The van der Waals surface area contributed by atoms with E-state index < -0.39 is 17.7 Å². The minimum Gasteiger partial charge on any atom is -0.466 e. The van der Waals surface area contributed by atoms with Gasteiger partial charge in [0, 0.05) is 16.9 Å². The van der Waals surface area contributed by atoms with E-state index in [1.165, 1.54) is 12.7 Å². The first kappa shape index (κ1) is 27.9. The molecule has 0 radical (unpaired) electrons. The molecule has 0 saturated heterocycles. The Labute approximate surface area is 218 Å². The molecule has 9 atom stereocenters. The van der Waals surface area contributed by atoms with Crippen molar-refractivity contribution in [3.8, 4) is 0 Å². The van der Waals surface area contributed by atoms with Gasteiger partial charge in [-0.05, 0) is 92.4 Å². The van der Waals surface area contributed by atoms with Crippen LogP contribution in [0.1, 0.15) is 99.8 Å². The van der Waals surface area contributed by atoms with E-state index in [2.05, 4.69) is 47.6 Å². The third kappa shape index (κ3) is 3.70. The molecule has 204 valence electrons. The van der Waals surface area contributed by atoms with Gasteiger partial charge < -0.3 is 20.1 Å². The van der Waals surface area contributed by atoms with Crippen LogP contribution < -0.4 is 0 Å². The number of allylic oxidation sites excluding steroid dienone is 1. The van der Waals surface area contributed by atoms with Crippen molar-refractivity contribution >= 4 is 5.97 Å². The first-order chi connectivity index (χ1) is 16.6. The Bertz CT molecular complexity index is 951. The Morgan fingerprint density at radius 1 is 1.14 bits per heavy atom. The Hall–Kier alpha value is -1.17. The van der Waals surface area contributed by atoms with Crippen molar-refractivity contribution in [2.75, 3.05) is 7.11 Å². The largest absolute Gasteiger partial charge is 0.466 e. The topological polar surface area (TPSA) is 87.0 Å². The second-order valence-corrected chi connectivity index (χ2v) is 14.1. The molecule has 0 aliphatic heterocycles. The van der Waals surface area contributed by atoms with E-state index in [0.717, 1.165) is 44.9 Å². The molecule has 0 spiro atoms. The van der Waals surface area contributed by atoms with E-state index in [1.54, 1.807) is 13.0 Å². The Morgan fingerprint density at radius 3 is 2.44 bits per heavy atom. The number of aliphatic hydroxyl groups is 3. The molecule has 0 aromatic carbocycles. The summed E-state index contributed by atoms with van der Waals surface area (Å²) in [5, 5.41) is 34.1. The molecule has 0 bridgehead atoms. The van der Waals surface area contributed by atoms with E-state index >= 15 is 0 Å². The van der Waals surface area contributed by atoms with Crippen LogP contribution in [0.15, 0.2) is 23.3 Å². The highest BCUT2D eigenvalue weighted by Crippen LogP contribution is 2.72. The molecule has 0 aromatic rings. The van der Waals surface area contributed by atoms with Gasteiger partial charge >= 0.3 is 5.97 Å². The number of rotatable bonds is 5. The molecule has 4 aliphatic carbocycles. The lowest BCUT2D eigenvalue weighted by atomic mass is 9.39. The lowest BCUT2D eigenvalue weighted by molar-refractivity contribution is -0.243. The number of fused-ring (bicyclic) bond motifs is 5. The average Bonchev–Trinajstić information content (AvgIpc) is 3.08. The summed E-state index contributed by atoms with van der Waals surface area (Å²) in [6.45, 7) is 15.4. The fraction of sp³-hybridized carbons (Fsp3) is 0.839. The first-order valence-electron chi connectivity index (χ1n) is 14.1. The number of ether oxygens (including phenoxy) is 1. The second-order valence-electron chi connectivity index (χ2n) is 14.1. The summed E-state index contributed by atoms with van der Waals surface area (Å²) < 4.78 is 4.78. The Balaban J connectivity index is 1.59. The van der Waals surface area contributed by atoms with Crippen LogP contribution in [0, 0.1) is 39.4 Å². The highest BCUT2D eigenvalue weighted by atomic mass is 16.5. The van der Waals surface area contributed by atoms with Crippen LogP contribution in [0.2, 0.25) is 0 Å². The minimum atomic E-state index is -0.743. The van der Waals surface area contributed by atoms with Gasteiger partial charge in [-0.15, -0.1) is 0 Å². The minimum absolute atomic E-state index is 0.0303. The normalized spacial score (nSPS) is 45.6. The lowest BCUT2D eigenvalue weighted by Crippen LogP contribution is -2.67. The van der Waals surface area contributed by atoms with Gasteiger partial charge in [-0.2, -0.15) is 0 Å². The van der Waals surface area contributed by atoms with Crippen molar-refractivity contribution < 1.29 is 24.9 Å². The van der Waals surface area contributed by atoms with E-state index in [4.69, 9.17) is 4.74 Å². The van der Waals surface area contributed by atoms with Gasteiger partial charge in [0.25, 0.3) is 0 Å². The third-order valence-corrected chi connectivity index (χ3v) is 12.4. The monoisotopic (exact) mass is 502 g/mol. The number of esters is 1. The van der Waals surface area contributed by atoms with Crippen LogP contribution in [0.4, 0.5) is 0 Å². The van der Waals surface area contributed by atoms with E-state index in [0.29, 0.717) is 17.9 Å². The van der Waals surface area contributed by atoms with Gasteiger partial charge in [-0.1, -0.05) is 53.2 Å². The molecule has 36 heavy (non-hydrogen) atoms. The number of carbonyl (C=O) groups is 1. The fourth-order valence-corrected chi connectivity index (χ4v) is 9.54.